The second-order valence-electron chi connectivity index (χ2n) is 3.03. The highest BCUT2D eigenvalue weighted by molar-refractivity contribution is 4.74. The van der Waals surface area contributed by atoms with Crippen molar-refractivity contribution in [3.8, 4) is 0 Å². The molecule has 2 heteroatoms. The largest absolute Gasteiger partial charge is 0.378 e. The van der Waals surface area contributed by atoms with Crippen molar-refractivity contribution < 1.29 is 4.74 Å². The Morgan fingerprint density at radius 1 is 1.50 bits per heavy atom. The zero-order chi connectivity index (χ0) is 7.40. The van der Waals surface area contributed by atoms with Crippen LogP contribution in [0.1, 0.15) is 19.8 Å². The van der Waals surface area contributed by atoms with E-state index in [9.17, 15) is 0 Å². The maximum Gasteiger partial charge on any atom is 0.0645 e. The van der Waals surface area contributed by atoms with Crippen LogP contribution in [0, 0.1) is 0 Å². The quantitative estimate of drug-likeness (QED) is 0.584. The molecule has 1 heterocycles. The highest BCUT2D eigenvalue weighted by Gasteiger charge is 2.21. The summed E-state index contributed by atoms with van der Waals surface area (Å²) in [6, 6.07) is 0.714. The summed E-state index contributed by atoms with van der Waals surface area (Å²) in [5, 5.41) is 0. The number of ether oxygens (including phenoxy) is 1. The highest BCUT2D eigenvalue weighted by atomic mass is 16.5. The smallest absolute Gasteiger partial charge is 0.0645 e. The molecule has 0 bridgehead atoms. The summed E-state index contributed by atoms with van der Waals surface area (Å²) in [4.78, 5) is 2.40. The van der Waals surface area contributed by atoms with Gasteiger partial charge in [0.1, 0.15) is 0 Å². The lowest BCUT2D eigenvalue weighted by molar-refractivity contribution is -0.0561. The average molecular weight is 143 g/mol. The van der Waals surface area contributed by atoms with Gasteiger partial charge in [-0.3, -0.25) is 4.90 Å². The van der Waals surface area contributed by atoms with Gasteiger partial charge < -0.3 is 4.74 Å². The van der Waals surface area contributed by atoms with Crippen molar-refractivity contribution in [3.63, 3.8) is 0 Å². The number of rotatable bonds is 4. The van der Waals surface area contributed by atoms with Gasteiger partial charge in [-0.1, -0.05) is 13.3 Å². The summed E-state index contributed by atoms with van der Waals surface area (Å²) in [5.74, 6) is 0. The molecular formula is C8H17NO. The summed E-state index contributed by atoms with van der Waals surface area (Å²) in [5.41, 5.74) is 0. The molecule has 0 atom stereocenters. The third kappa shape index (κ3) is 1.96. The summed E-state index contributed by atoms with van der Waals surface area (Å²) >= 11 is 0. The molecule has 0 radical (unpaired) electrons. The number of hydrogen-bond acceptors (Lipinski definition) is 2. The van der Waals surface area contributed by atoms with Gasteiger partial charge in [0, 0.05) is 0 Å². The SMILES string of the molecule is CCCCN(C)C1COC1. The van der Waals surface area contributed by atoms with Crippen molar-refractivity contribution in [2.45, 2.75) is 25.8 Å². The van der Waals surface area contributed by atoms with E-state index in [-0.39, 0.29) is 0 Å². The first-order chi connectivity index (χ1) is 4.84. The molecule has 0 spiro atoms. The van der Waals surface area contributed by atoms with Gasteiger partial charge in [0.2, 0.25) is 0 Å². The average Bonchev–Trinajstić information content (AvgIpc) is 1.79. The van der Waals surface area contributed by atoms with E-state index in [2.05, 4.69) is 18.9 Å². The van der Waals surface area contributed by atoms with Gasteiger partial charge in [-0.25, -0.2) is 0 Å². The molecule has 60 valence electrons. The molecule has 1 fully saturated rings. The van der Waals surface area contributed by atoms with E-state index in [0.717, 1.165) is 13.2 Å². The predicted octanol–water partition coefficient (Wildman–Crippen LogP) is 1.12. The first-order valence-electron chi connectivity index (χ1n) is 4.12. The molecule has 0 amide bonds. The third-order valence-electron chi connectivity index (χ3n) is 2.11. The Morgan fingerprint density at radius 3 is 2.60 bits per heavy atom. The summed E-state index contributed by atoms with van der Waals surface area (Å²) in [7, 11) is 2.18. The highest BCUT2D eigenvalue weighted by Crippen LogP contribution is 2.08. The second kappa shape index (κ2) is 3.94. The van der Waals surface area contributed by atoms with Crippen LogP contribution in [0.4, 0.5) is 0 Å². The first-order valence-corrected chi connectivity index (χ1v) is 4.12. The summed E-state index contributed by atoms with van der Waals surface area (Å²) in [6.45, 7) is 5.34. The van der Waals surface area contributed by atoms with Crippen molar-refractivity contribution in [1.29, 1.82) is 0 Å². The third-order valence-corrected chi connectivity index (χ3v) is 2.11. The topological polar surface area (TPSA) is 12.5 Å². The molecule has 0 saturated carbocycles. The van der Waals surface area contributed by atoms with Gasteiger partial charge in [0.05, 0.1) is 19.3 Å². The summed E-state index contributed by atoms with van der Waals surface area (Å²) in [6.07, 6.45) is 2.60. The molecule has 1 aliphatic heterocycles. The van der Waals surface area contributed by atoms with Crippen molar-refractivity contribution in [3.05, 3.63) is 0 Å². The van der Waals surface area contributed by atoms with Gasteiger partial charge in [-0.05, 0) is 20.0 Å². The van der Waals surface area contributed by atoms with Gasteiger partial charge in [-0.2, -0.15) is 0 Å². The molecule has 1 saturated heterocycles. The Morgan fingerprint density at radius 2 is 2.20 bits per heavy atom. The zero-order valence-electron chi connectivity index (χ0n) is 6.97. The molecule has 1 rings (SSSR count). The Balaban J connectivity index is 2.02. The van der Waals surface area contributed by atoms with Crippen molar-refractivity contribution in [2.24, 2.45) is 0 Å². The Bertz CT molecular complexity index is 91.3. The maximum atomic E-state index is 5.09. The van der Waals surface area contributed by atoms with Crippen LogP contribution in [0.2, 0.25) is 0 Å². The maximum absolute atomic E-state index is 5.09. The second-order valence-corrected chi connectivity index (χ2v) is 3.03. The number of likely N-dealkylation sites (N-methyl/N-ethyl adjacent to an activating group) is 1. The minimum Gasteiger partial charge on any atom is -0.378 e. The van der Waals surface area contributed by atoms with Crippen LogP contribution < -0.4 is 0 Å². The summed E-state index contributed by atoms with van der Waals surface area (Å²) < 4.78 is 5.09. The van der Waals surface area contributed by atoms with E-state index in [1.165, 1.54) is 19.4 Å². The normalized spacial score (nSPS) is 19.5. The zero-order valence-corrected chi connectivity index (χ0v) is 6.97. The fourth-order valence-electron chi connectivity index (χ4n) is 1.07. The standard InChI is InChI=1S/C8H17NO/c1-3-4-5-9(2)8-6-10-7-8/h8H,3-7H2,1-2H3. The molecule has 0 aromatic rings. The van der Waals surface area contributed by atoms with Crippen molar-refractivity contribution in [2.75, 3.05) is 26.8 Å². The fourth-order valence-corrected chi connectivity index (χ4v) is 1.07. The van der Waals surface area contributed by atoms with E-state index in [1.807, 2.05) is 0 Å². The number of unbranched alkanes of at least 4 members (excludes halogenated alkanes) is 1. The van der Waals surface area contributed by atoms with Gasteiger partial charge >= 0.3 is 0 Å². The Hall–Kier alpha value is -0.0800. The van der Waals surface area contributed by atoms with Crippen LogP contribution in [0.3, 0.4) is 0 Å². The number of nitrogens with zero attached hydrogens (tertiary/aromatic N) is 1. The van der Waals surface area contributed by atoms with E-state index in [1.54, 1.807) is 0 Å². The first kappa shape index (κ1) is 8.02. The lowest BCUT2D eigenvalue weighted by atomic mass is 10.2. The Labute approximate surface area is 63.2 Å². The van der Waals surface area contributed by atoms with E-state index < -0.39 is 0 Å². The molecule has 2 nitrogen and oxygen atoms in total. The lowest BCUT2D eigenvalue weighted by Gasteiger charge is -2.34. The van der Waals surface area contributed by atoms with Crippen LogP contribution in [0.5, 0.6) is 0 Å². The fraction of sp³-hybridized carbons (Fsp3) is 1.00. The molecule has 0 aliphatic carbocycles. The Kier molecular flexibility index (Phi) is 3.16. The van der Waals surface area contributed by atoms with Crippen LogP contribution in [-0.4, -0.2) is 37.7 Å². The van der Waals surface area contributed by atoms with Crippen LogP contribution in [0.15, 0.2) is 0 Å². The molecule has 0 aromatic heterocycles. The molecule has 0 unspecified atom stereocenters. The van der Waals surface area contributed by atoms with Crippen molar-refractivity contribution in [1.82, 2.24) is 4.90 Å². The molecule has 0 aromatic carbocycles. The number of hydrogen-bond donors (Lipinski definition) is 0. The van der Waals surface area contributed by atoms with Crippen LogP contribution in [0.25, 0.3) is 0 Å². The molecule has 0 N–H and O–H groups in total. The molecule has 1 aliphatic rings. The van der Waals surface area contributed by atoms with E-state index >= 15 is 0 Å². The van der Waals surface area contributed by atoms with Gasteiger partial charge in [0.25, 0.3) is 0 Å². The van der Waals surface area contributed by atoms with Gasteiger partial charge in [0.15, 0.2) is 0 Å². The van der Waals surface area contributed by atoms with E-state index in [0.29, 0.717) is 6.04 Å². The minimum absolute atomic E-state index is 0.714. The minimum atomic E-state index is 0.714. The molecule has 10 heavy (non-hydrogen) atoms. The van der Waals surface area contributed by atoms with Gasteiger partial charge in [-0.15, -0.1) is 0 Å². The van der Waals surface area contributed by atoms with Crippen molar-refractivity contribution >= 4 is 0 Å². The lowest BCUT2D eigenvalue weighted by Crippen LogP contribution is -2.47. The molecular weight excluding hydrogens is 126 g/mol. The predicted molar refractivity (Wildman–Crippen MR) is 42.1 cm³/mol. The van der Waals surface area contributed by atoms with E-state index in [4.69, 9.17) is 4.74 Å². The monoisotopic (exact) mass is 143 g/mol. The van der Waals surface area contributed by atoms with Crippen LogP contribution >= 0.6 is 0 Å². The van der Waals surface area contributed by atoms with Crippen LogP contribution in [-0.2, 0) is 4.74 Å².